The van der Waals surface area contributed by atoms with Gasteiger partial charge in [-0.05, 0) is 32.4 Å². The van der Waals surface area contributed by atoms with Crippen LogP contribution in [0.1, 0.15) is 50.2 Å². The lowest BCUT2D eigenvalue weighted by Crippen LogP contribution is -2.42. The minimum atomic E-state index is -2.25. The largest absolute Gasteiger partial charge is 0.476 e. The molecule has 10 nitrogen and oxygen atoms in total. The summed E-state index contributed by atoms with van der Waals surface area (Å²) < 4.78 is 28.4. The molecule has 5 atom stereocenters. The molecule has 182 valence electrons. The highest BCUT2D eigenvalue weighted by molar-refractivity contribution is 6.03. The molecule has 0 bridgehead atoms. The molecule has 34 heavy (non-hydrogen) atoms. The van der Waals surface area contributed by atoms with E-state index in [1.54, 1.807) is 30.3 Å². The lowest BCUT2D eigenvalue weighted by atomic mass is 9.96. The van der Waals surface area contributed by atoms with Crippen molar-refractivity contribution in [1.82, 2.24) is 19.5 Å². The molecule has 3 heterocycles. The number of benzene rings is 1. The minimum absolute atomic E-state index is 0.0548. The number of anilines is 1. The SMILES string of the molecule is CCCCOc1nc(NC(=O)c2ccccc2)nc2c1ncn2[C@@H]1O[C@H](C(C)O)[C@@H](O)[C@@]1(C)F. The average molecular weight is 474 g/mol. The van der Waals surface area contributed by atoms with E-state index < -0.39 is 36.1 Å². The molecule has 11 heteroatoms. The molecule has 4 rings (SSSR count). The molecule has 0 spiro atoms. The van der Waals surface area contributed by atoms with Gasteiger partial charge >= 0.3 is 0 Å². The monoisotopic (exact) mass is 473 g/mol. The summed E-state index contributed by atoms with van der Waals surface area (Å²) in [5, 5.41) is 23.0. The third-order valence-electron chi connectivity index (χ3n) is 5.77. The van der Waals surface area contributed by atoms with Gasteiger partial charge in [-0.1, -0.05) is 31.5 Å². The molecule has 1 aromatic carbocycles. The van der Waals surface area contributed by atoms with Gasteiger partial charge in [0, 0.05) is 5.56 Å². The molecule has 1 fully saturated rings. The Kier molecular flexibility index (Phi) is 6.78. The maximum atomic E-state index is 15.6. The summed E-state index contributed by atoms with van der Waals surface area (Å²) in [6, 6.07) is 8.56. The van der Waals surface area contributed by atoms with Crippen LogP contribution in [0, 0.1) is 0 Å². The number of ether oxygens (including phenoxy) is 2. The quantitative estimate of drug-likeness (QED) is 0.426. The van der Waals surface area contributed by atoms with Crippen LogP contribution in [-0.4, -0.2) is 66.2 Å². The number of amides is 1. The van der Waals surface area contributed by atoms with E-state index in [9.17, 15) is 15.0 Å². The van der Waals surface area contributed by atoms with Crippen LogP contribution in [0.25, 0.3) is 11.2 Å². The zero-order chi connectivity index (χ0) is 24.5. The van der Waals surface area contributed by atoms with Gasteiger partial charge in [-0.15, -0.1) is 0 Å². The number of nitrogens with one attached hydrogen (secondary N) is 1. The Morgan fingerprint density at radius 1 is 1.35 bits per heavy atom. The Bertz CT molecular complexity index is 1150. The Balaban J connectivity index is 1.75. The van der Waals surface area contributed by atoms with Gasteiger partial charge in [0.2, 0.25) is 11.8 Å². The van der Waals surface area contributed by atoms with Gasteiger partial charge in [-0.2, -0.15) is 9.97 Å². The maximum Gasteiger partial charge on any atom is 0.258 e. The van der Waals surface area contributed by atoms with Crippen molar-refractivity contribution in [2.45, 2.75) is 63.8 Å². The maximum absolute atomic E-state index is 15.6. The number of aliphatic hydroxyl groups is 2. The molecule has 0 saturated carbocycles. The molecule has 3 N–H and O–H groups in total. The minimum Gasteiger partial charge on any atom is -0.476 e. The van der Waals surface area contributed by atoms with Crippen molar-refractivity contribution in [1.29, 1.82) is 0 Å². The second-order valence-electron chi connectivity index (χ2n) is 8.49. The number of halogens is 1. The van der Waals surface area contributed by atoms with Gasteiger partial charge in [0.05, 0.1) is 19.0 Å². The van der Waals surface area contributed by atoms with Crippen LogP contribution in [-0.2, 0) is 4.74 Å². The predicted molar refractivity (Wildman–Crippen MR) is 121 cm³/mol. The molecule has 3 aromatic rings. The summed E-state index contributed by atoms with van der Waals surface area (Å²) in [4.78, 5) is 25.6. The number of imidazole rings is 1. The summed E-state index contributed by atoms with van der Waals surface area (Å²) in [5.74, 6) is -0.352. The third-order valence-corrected chi connectivity index (χ3v) is 5.77. The van der Waals surface area contributed by atoms with Crippen molar-refractivity contribution in [3.05, 3.63) is 42.2 Å². The van der Waals surface area contributed by atoms with Crippen LogP contribution < -0.4 is 10.1 Å². The summed E-state index contributed by atoms with van der Waals surface area (Å²) in [6.07, 6.45) is -2.17. The van der Waals surface area contributed by atoms with Crippen molar-refractivity contribution in [3.8, 4) is 5.88 Å². The molecule has 1 saturated heterocycles. The second-order valence-corrected chi connectivity index (χ2v) is 8.49. The average Bonchev–Trinajstić information content (AvgIpc) is 3.32. The predicted octanol–water partition coefficient (Wildman–Crippen LogP) is 2.62. The number of nitrogens with zero attached hydrogens (tertiary/aromatic N) is 4. The number of hydrogen-bond donors (Lipinski definition) is 3. The highest BCUT2D eigenvalue weighted by Crippen LogP contribution is 2.43. The van der Waals surface area contributed by atoms with Crippen LogP contribution in [0.15, 0.2) is 36.7 Å². The lowest BCUT2D eigenvalue weighted by molar-refractivity contribution is -0.0795. The number of aromatic nitrogens is 4. The Labute approximate surface area is 195 Å². The van der Waals surface area contributed by atoms with E-state index in [0.29, 0.717) is 12.2 Å². The van der Waals surface area contributed by atoms with E-state index in [0.717, 1.165) is 12.8 Å². The fraction of sp³-hybridized carbons (Fsp3) is 0.478. The smallest absolute Gasteiger partial charge is 0.258 e. The van der Waals surface area contributed by atoms with Gasteiger partial charge in [0.25, 0.3) is 5.91 Å². The second kappa shape index (κ2) is 9.61. The van der Waals surface area contributed by atoms with Crippen molar-refractivity contribution < 1.29 is 28.9 Å². The van der Waals surface area contributed by atoms with Crippen LogP contribution in [0.4, 0.5) is 10.3 Å². The van der Waals surface area contributed by atoms with Crippen LogP contribution in [0.5, 0.6) is 5.88 Å². The first-order chi connectivity index (χ1) is 16.2. The van der Waals surface area contributed by atoms with Gasteiger partial charge in [-0.25, -0.2) is 9.37 Å². The number of carbonyl (C=O) groups excluding carboxylic acids is 1. The van der Waals surface area contributed by atoms with E-state index in [1.165, 1.54) is 24.7 Å². The normalized spacial score (nSPS) is 25.4. The highest BCUT2D eigenvalue weighted by atomic mass is 19.1. The van der Waals surface area contributed by atoms with Crippen molar-refractivity contribution in [2.75, 3.05) is 11.9 Å². The number of fused-ring (bicyclic) bond motifs is 1. The number of alkyl halides is 1. The molecule has 0 aliphatic carbocycles. The van der Waals surface area contributed by atoms with Crippen LogP contribution in [0.3, 0.4) is 0 Å². The zero-order valence-electron chi connectivity index (χ0n) is 19.2. The Hall–Kier alpha value is -3.15. The number of hydrogen-bond acceptors (Lipinski definition) is 8. The van der Waals surface area contributed by atoms with E-state index >= 15 is 4.39 Å². The molecular weight excluding hydrogens is 445 g/mol. The third kappa shape index (κ3) is 4.46. The van der Waals surface area contributed by atoms with Crippen molar-refractivity contribution >= 4 is 23.0 Å². The molecule has 0 radical (unpaired) electrons. The van der Waals surface area contributed by atoms with E-state index in [4.69, 9.17) is 9.47 Å². The molecule has 2 aromatic heterocycles. The Morgan fingerprint density at radius 3 is 2.74 bits per heavy atom. The summed E-state index contributed by atoms with van der Waals surface area (Å²) >= 11 is 0. The van der Waals surface area contributed by atoms with E-state index in [2.05, 4.69) is 20.3 Å². The molecule has 1 aliphatic heterocycles. The fourth-order valence-corrected chi connectivity index (χ4v) is 3.83. The zero-order valence-corrected chi connectivity index (χ0v) is 19.2. The summed E-state index contributed by atoms with van der Waals surface area (Å²) in [5.41, 5.74) is -1.44. The lowest BCUT2D eigenvalue weighted by Gasteiger charge is -2.24. The summed E-state index contributed by atoms with van der Waals surface area (Å²) in [7, 11) is 0. The van der Waals surface area contributed by atoms with Crippen LogP contribution >= 0.6 is 0 Å². The van der Waals surface area contributed by atoms with Crippen LogP contribution in [0.2, 0.25) is 0 Å². The van der Waals surface area contributed by atoms with Gasteiger partial charge in [-0.3, -0.25) is 14.7 Å². The van der Waals surface area contributed by atoms with E-state index in [1.807, 2.05) is 6.92 Å². The number of rotatable bonds is 8. The highest BCUT2D eigenvalue weighted by Gasteiger charge is 2.56. The first-order valence-corrected chi connectivity index (χ1v) is 11.2. The first-order valence-electron chi connectivity index (χ1n) is 11.2. The van der Waals surface area contributed by atoms with E-state index in [-0.39, 0.29) is 23.0 Å². The standard InChI is InChI=1S/C23H28FN5O5/c1-4-5-11-33-20-15-18(26-22(28-20)27-19(32)14-9-7-6-8-10-14)29(12-25-15)21-23(3,24)17(31)16(34-21)13(2)30/h6-10,12-13,16-17,21,30-31H,4-5,11H2,1-3H3,(H,26,27,28,32)/t13?,16-,17-,21-,23-/m1/s1. The van der Waals surface area contributed by atoms with Gasteiger partial charge in [0.1, 0.15) is 12.2 Å². The Morgan fingerprint density at radius 2 is 2.09 bits per heavy atom. The molecule has 1 amide bonds. The fourth-order valence-electron chi connectivity index (χ4n) is 3.83. The topological polar surface area (TPSA) is 132 Å². The van der Waals surface area contributed by atoms with Gasteiger partial charge < -0.3 is 19.7 Å². The van der Waals surface area contributed by atoms with Gasteiger partial charge in [0.15, 0.2) is 23.1 Å². The molecule has 1 aliphatic rings. The number of unbranched alkanes of at least 4 members (excludes halogenated alkanes) is 1. The van der Waals surface area contributed by atoms with Crippen molar-refractivity contribution in [2.24, 2.45) is 0 Å². The van der Waals surface area contributed by atoms with Crippen molar-refractivity contribution in [3.63, 3.8) is 0 Å². The first kappa shape index (κ1) is 24.0. The summed E-state index contributed by atoms with van der Waals surface area (Å²) in [6.45, 7) is 4.99. The molecule has 1 unspecified atom stereocenters. The number of carbonyl (C=O) groups is 1. The molecular formula is C23H28FN5O5. The number of aliphatic hydroxyl groups excluding tert-OH is 2.